The van der Waals surface area contributed by atoms with Crippen LogP contribution in [0.15, 0.2) is 23.3 Å². The molecule has 0 bridgehead atoms. The van der Waals surface area contributed by atoms with Gasteiger partial charge in [-0.1, -0.05) is 11.2 Å². The first kappa shape index (κ1) is 10.4. The minimum atomic E-state index is -1.57. The molecule has 0 amide bonds. The molecule has 1 aromatic carbocycles. The van der Waals surface area contributed by atoms with Crippen LogP contribution in [0.3, 0.4) is 0 Å². The van der Waals surface area contributed by atoms with Crippen molar-refractivity contribution in [2.45, 2.75) is 6.54 Å². The van der Waals surface area contributed by atoms with Gasteiger partial charge in [0.1, 0.15) is 0 Å². The zero-order valence-corrected chi connectivity index (χ0v) is 7.33. The summed E-state index contributed by atoms with van der Waals surface area (Å²) in [6.45, 7) is 0.140. The largest absolute Gasteiger partial charge is 0.488 e. The molecule has 0 saturated carbocycles. The van der Waals surface area contributed by atoms with Crippen LogP contribution in [0.2, 0.25) is 0 Å². The van der Waals surface area contributed by atoms with E-state index in [-0.39, 0.29) is 12.0 Å². The Kier molecular flexibility index (Phi) is 3.36. The Balaban J connectivity index is 3.00. The van der Waals surface area contributed by atoms with Crippen molar-refractivity contribution in [1.29, 1.82) is 0 Å². The van der Waals surface area contributed by atoms with E-state index >= 15 is 0 Å². The van der Waals surface area contributed by atoms with Crippen molar-refractivity contribution in [2.75, 3.05) is 5.73 Å². The predicted octanol–water partition coefficient (Wildman–Crippen LogP) is -0.241. The molecule has 0 aliphatic rings. The van der Waals surface area contributed by atoms with Gasteiger partial charge in [0, 0.05) is 10.6 Å². The molecule has 0 aliphatic carbocycles. The Morgan fingerprint density at radius 3 is 2.71 bits per heavy atom. The summed E-state index contributed by atoms with van der Waals surface area (Å²) in [6, 6.07) is 4.58. The summed E-state index contributed by atoms with van der Waals surface area (Å²) in [5.41, 5.74) is 14.9. The number of nitrogens with zero attached hydrogens (tertiary/aromatic N) is 3. The van der Waals surface area contributed by atoms with Crippen LogP contribution in [0.1, 0.15) is 5.56 Å². The van der Waals surface area contributed by atoms with Crippen LogP contribution < -0.4 is 11.2 Å². The Bertz CT molecular complexity index is 376. The lowest BCUT2D eigenvalue weighted by Gasteiger charge is -2.04. The highest BCUT2D eigenvalue weighted by molar-refractivity contribution is 6.58. The van der Waals surface area contributed by atoms with Crippen molar-refractivity contribution in [3.05, 3.63) is 34.2 Å². The lowest BCUT2D eigenvalue weighted by Crippen LogP contribution is -2.30. The molecule has 1 aromatic rings. The van der Waals surface area contributed by atoms with Gasteiger partial charge in [0.2, 0.25) is 0 Å². The van der Waals surface area contributed by atoms with Gasteiger partial charge >= 0.3 is 7.12 Å². The van der Waals surface area contributed by atoms with Crippen LogP contribution in [-0.2, 0) is 6.54 Å². The Morgan fingerprint density at radius 1 is 1.43 bits per heavy atom. The summed E-state index contributed by atoms with van der Waals surface area (Å²) in [5, 5.41) is 21.1. The second kappa shape index (κ2) is 4.52. The van der Waals surface area contributed by atoms with Gasteiger partial charge in [-0.25, -0.2) is 0 Å². The number of benzene rings is 1. The van der Waals surface area contributed by atoms with Crippen molar-refractivity contribution < 1.29 is 10.0 Å². The highest BCUT2D eigenvalue weighted by atomic mass is 16.4. The van der Waals surface area contributed by atoms with Crippen LogP contribution in [0, 0.1) is 0 Å². The lowest BCUT2D eigenvalue weighted by molar-refractivity contribution is 0.425. The van der Waals surface area contributed by atoms with E-state index in [2.05, 4.69) is 10.0 Å². The summed E-state index contributed by atoms with van der Waals surface area (Å²) in [6.07, 6.45) is 0. The fraction of sp³-hybridized carbons (Fsp3) is 0.143. The SMILES string of the molecule is [N-]=[N+]=NCc1cc(N)cc(B(O)O)c1. The number of rotatable bonds is 3. The van der Waals surface area contributed by atoms with Gasteiger partial charge in [-0.3, -0.25) is 0 Å². The average Bonchev–Trinajstić information content (AvgIpc) is 2.14. The monoisotopic (exact) mass is 192 g/mol. The van der Waals surface area contributed by atoms with E-state index in [0.717, 1.165) is 0 Å². The quantitative estimate of drug-likeness (QED) is 0.201. The van der Waals surface area contributed by atoms with Gasteiger partial charge in [-0.15, -0.1) is 0 Å². The summed E-state index contributed by atoms with van der Waals surface area (Å²) in [5.74, 6) is 0. The zero-order valence-electron chi connectivity index (χ0n) is 7.33. The van der Waals surface area contributed by atoms with E-state index in [4.69, 9.17) is 21.3 Å². The van der Waals surface area contributed by atoms with Crippen molar-refractivity contribution in [1.82, 2.24) is 0 Å². The van der Waals surface area contributed by atoms with E-state index in [1.807, 2.05) is 0 Å². The van der Waals surface area contributed by atoms with Crippen LogP contribution in [0.4, 0.5) is 5.69 Å². The second-order valence-corrected chi connectivity index (χ2v) is 2.77. The van der Waals surface area contributed by atoms with E-state index in [0.29, 0.717) is 11.3 Å². The molecular formula is C7H9BN4O2. The van der Waals surface area contributed by atoms with Gasteiger partial charge in [0.15, 0.2) is 0 Å². The third-order valence-electron chi connectivity index (χ3n) is 1.65. The molecule has 0 spiro atoms. The number of nitrogen functional groups attached to an aromatic ring is 1. The maximum Gasteiger partial charge on any atom is 0.488 e. The van der Waals surface area contributed by atoms with Crippen LogP contribution >= 0.6 is 0 Å². The minimum Gasteiger partial charge on any atom is -0.423 e. The molecule has 4 N–H and O–H groups in total. The highest BCUT2D eigenvalue weighted by Gasteiger charge is 2.11. The van der Waals surface area contributed by atoms with Crippen molar-refractivity contribution in [2.24, 2.45) is 5.11 Å². The van der Waals surface area contributed by atoms with E-state index in [1.54, 1.807) is 6.07 Å². The minimum absolute atomic E-state index is 0.140. The number of anilines is 1. The van der Waals surface area contributed by atoms with Gasteiger partial charge in [-0.05, 0) is 28.7 Å². The fourth-order valence-electron chi connectivity index (χ4n) is 1.10. The molecule has 7 heteroatoms. The van der Waals surface area contributed by atoms with Gasteiger partial charge in [0.25, 0.3) is 0 Å². The molecule has 1 rings (SSSR count). The summed E-state index contributed by atoms with van der Waals surface area (Å²) in [7, 11) is -1.57. The molecule has 0 aliphatic heterocycles. The average molecular weight is 192 g/mol. The van der Waals surface area contributed by atoms with Crippen LogP contribution in [0.5, 0.6) is 0 Å². The second-order valence-electron chi connectivity index (χ2n) is 2.77. The molecule has 0 saturated heterocycles. The molecule has 0 atom stereocenters. The summed E-state index contributed by atoms with van der Waals surface area (Å²) >= 11 is 0. The lowest BCUT2D eigenvalue weighted by atomic mass is 9.79. The molecule has 0 aromatic heterocycles. The van der Waals surface area contributed by atoms with E-state index < -0.39 is 7.12 Å². The third-order valence-corrected chi connectivity index (χ3v) is 1.65. The third kappa shape index (κ3) is 2.67. The van der Waals surface area contributed by atoms with Crippen LogP contribution in [0.25, 0.3) is 10.4 Å². The Labute approximate surface area is 80.8 Å². The molecule has 0 fully saturated rings. The van der Waals surface area contributed by atoms with Crippen molar-refractivity contribution >= 4 is 18.3 Å². The molecule has 72 valence electrons. The number of hydrogen-bond donors (Lipinski definition) is 3. The fourth-order valence-corrected chi connectivity index (χ4v) is 1.10. The molecule has 14 heavy (non-hydrogen) atoms. The topological polar surface area (TPSA) is 115 Å². The summed E-state index contributed by atoms with van der Waals surface area (Å²) < 4.78 is 0. The maximum atomic E-state index is 8.89. The number of hydrogen-bond acceptors (Lipinski definition) is 4. The van der Waals surface area contributed by atoms with E-state index in [1.165, 1.54) is 12.1 Å². The summed E-state index contributed by atoms with van der Waals surface area (Å²) in [4.78, 5) is 2.59. The molecular weight excluding hydrogens is 183 g/mol. The highest BCUT2D eigenvalue weighted by Crippen LogP contribution is 2.06. The standard InChI is InChI=1S/C7H9BN4O2/c9-7-2-5(4-11-12-10)1-6(3-7)8(13)14/h1-3,13-14H,4,9H2. The maximum absolute atomic E-state index is 8.89. The van der Waals surface area contributed by atoms with Crippen LogP contribution in [-0.4, -0.2) is 17.2 Å². The first-order valence-electron chi connectivity index (χ1n) is 3.90. The van der Waals surface area contributed by atoms with Crippen molar-refractivity contribution in [3.63, 3.8) is 0 Å². The van der Waals surface area contributed by atoms with Gasteiger partial charge < -0.3 is 15.8 Å². The number of nitrogens with two attached hydrogens (primary N) is 1. The normalized spacial score (nSPS) is 9.29. The molecule has 0 radical (unpaired) electrons. The Hall–Kier alpha value is -1.69. The zero-order chi connectivity index (χ0) is 10.6. The smallest absolute Gasteiger partial charge is 0.423 e. The van der Waals surface area contributed by atoms with Crippen molar-refractivity contribution in [3.8, 4) is 0 Å². The molecule has 6 nitrogen and oxygen atoms in total. The number of azide groups is 1. The first-order valence-corrected chi connectivity index (χ1v) is 3.90. The predicted molar refractivity (Wildman–Crippen MR) is 53.5 cm³/mol. The first-order chi connectivity index (χ1) is 6.63. The van der Waals surface area contributed by atoms with E-state index in [9.17, 15) is 0 Å². The molecule has 0 unspecified atom stereocenters. The van der Waals surface area contributed by atoms with Gasteiger partial charge in [-0.2, -0.15) is 0 Å². The molecule has 0 heterocycles. The van der Waals surface area contributed by atoms with Gasteiger partial charge in [0.05, 0.1) is 6.54 Å². The Morgan fingerprint density at radius 2 is 2.14 bits per heavy atom.